The smallest absolute Gasteiger partial charge is 0.293 e. The van der Waals surface area contributed by atoms with Gasteiger partial charge in [-0.05, 0) is 13.0 Å². The Morgan fingerprint density at radius 1 is 1.33 bits per heavy atom. The molecule has 0 aliphatic rings. The maximum Gasteiger partial charge on any atom is 0.451 e. The third-order valence-corrected chi connectivity index (χ3v) is 2.67. The van der Waals surface area contributed by atoms with E-state index < -0.39 is 17.9 Å². The van der Waals surface area contributed by atoms with Crippen LogP contribution in [0.1, 0.15) is 22.0 Å². The van der Waals surface area contributed by atoms with Gasteiger partial charge >= 0.3 is 6.18 Å². The van der Waals surface area contributed by atoms with Crippen LogP contribution in [0.5, 0.6) is 0 Å². The Hall–Kier alpha value is -2.45. The lowest BCUT2D eigenvalue weighted by atomic mass is 10.3. The van der Waals surface area contributed by atoms with Gasteiger partial charge in [0.2, 0.25) is 5.82 Å². The molecule has 21 heavy (non-hydrogen) atoms. The number of hydrogen-bond donors (Lipinski definition) is 0. The summed E-state index contributed by atoms with van der Waals surface area (Å²) in [6, 6.07) is 2.77. The number of hydrogen-bond acceptors (Lipinski definition) is 4. The molecule has 0 saturated heterocycles. The molecule has 0 aliphatic carbocycles. The number of nitrogens with zero attached hydrogens (tertiary/aromatic N) is 5. The number of aryl methyl sites for hydroxylation is 2. The summed E-state index contributed by atoms with van der Waals surface area (Å²) in [6.45, 7) is 1.37. The van der Waals surface area contributed by atoms with Crippen LogP contribution in [0.3, 0.4) is 0 Å². The molecule has 0 aliphatic heterocycles. The summed E-state index contributed by atoms with van der Waals surface area (Å²) < 4.78 is 39.5. The highest BCUT2D eigenvalue weighted by Gasteiger charge is 2.36. The molecule has 2 rings (SSSR count). The summed E-state index contributed by atoms with van der Waals surface area (Å²) in [5, 5.41) is 4.01. The summed E-state index contributed by atoms with van der Waals surface area (Å²) in [5.41, 5.74) is -0.266. The standard InChI is InChI=1S/C12H12F3N5O/c1-7-6-8(17-11(16-7)12(13,14)15)10(21)20(3)9-4-5-19(2)18-9/h4-6H,1-3H3. The van der Waals surface area contributed by atoms with Crippen LogP contribution in [0.25, 0.3) is 0 Å². The summed E-state index contributed by atoms with van der Waals surface area (Å²) in [6.07, 6.45) is -3.09. The SMILES string of the molecule is Cc1cc(C(=O)N(C)c2ccn(C)n2)nc(C(F)(F)F)n1. The van der Waals surface area contributed by atoms with Gasteiger partial charge in [-0.2, -0.15) is 18.3 Å². The van der Waals surface area contributed by atoms with E-state index in [-0.39, 0.29) is 11.4 Å². The first-order chi connectivity index (χ1) is 9.68. The van der Waals surface area contributed by atoms with Crippen molar-refractivity contribution in [3.05, 3.63) is 35.5 Å². The largest absolute Gasteiger partial charge is 0.451 e. The topological polar surface area (TPSA) is 63.9 Å². The Labute approximate surface area is 118 Å². The van der Waals surface area contributed by atoms with Gasteiger partial charge in [-0.3, -0.25) is 14.4 Å². The molecule has 2 heterocycles. The number of carbonyl (C=O) groups excluding carboxylic acids is 1. The van der Waals surface area contributed by atoms with Crippen molar-refractivity contribution in [1.82, 2.24) is 19.7 Å². The van der Waals surface area contributed by atoms with E-state index in [9.17, 15) is 18.0 Å². The molecule has 0 spiro atoms. The van der Waals surface area contributed by atoms with Crippen LogP contribution in [0.2, 0.25) is 0 Å². The van der Waals surface area contributed by atoms with Gasteiger partial charge in [0.15, 0.2) is 5.82 Å². The van der Waals surface area contributed by atoms with Crippen molar-refractivity contribution < 1.29 is 18.0 Å². The molecule has 0 fully saturated rings. The lowest BCUT2D eigenvalue weighted by Crippen LogP contribution is -2.29. The van der Waals surface area contributed by atoms with Crippen LogP contribution in [-0.4, -0.2) is 32.7 Å². The monoisotopic (exact) mass is 299 g/mol. The first-order valence-corrected chi connectivity index (χ1v) is 5.89. The molecule has 2 aromatic rings. The van der Waals surface area contributed by atoms with Crippen molar-refractivity contribution in [1.29, 1.82) is 0 Å². The van der Waals surface area contributed by atoms with E-state index in [4.69, 9.17) is 0 Å². The Bertz CT molecular complexity index is 680. The maximum atomic E-state index is 12.7. The number of aromatic nitrogens is 4. The van der Waals surface area contributed by atoms with E-state index in [1.54, 1.807) is 19.3 Å². The van der Waals surface area contributed by atoms with Crippen molar-refractivity contribution >= 4 is 11.7 Å². The molecule has 0 N–H and O–H groups in total. The van der Waals surface area contributed by atoms with Crippen LogP contribution in [0.4, 0.5) is 19.0 Å². The van der Waals surface area contributed by atoms with Gasteiger partial charge in [-0.15, -0.1) is 0 Å². The van der Waals surface area contributed by atoms with Crippen molar-refractivity contribution in [3.8, 4) is 0 Å². The van der Waals surface area contributed by atoms with Gasteiger partial charge in [0.05, 0.1) is 0 Å². The van der Waals surface area contributed by atoms with E-state index in [2.05, 4.69) is 15.1 Å². The highest BCUT2D eigenvalue weighted by atomic mass is 19.4. The second-order valence-corrected chi connectivity index (χ2v) is 4.43. The molecular weight excluding hydrogens is 287 g/mol. The fourth-order valence-corrected chi connectivity index (χ4v) is 1.66. The average Bonchev–Trinajstić information content (AvgIpc) is 2.82. The summed E-state index contributed by atoms with van der Waals surface area (Å²) in [7, 11) is 3.08. The molecule has 1 amide bonds. The molecule has 0 aromatic carbocycles. The van der Waals surface area contributed by atoms with Crippen LogP contribution >= 0.6 is 0 Å². The second kappa shape index (κ2) is 5.15. The van der Waals surface area contributed by atoms with Gasteiger partial charge < -0.3 is 0 Å². The Kier molecular flexibility index (Phi) is 3.67. The fraction of sp³-hybridized carbons (Fsp3) is 0.333. The minimum absolute atomic E-state index is 0.0649. The number of anilines is 1. The molecule has 0 saturated carbocycles. The summed E-state index contributed by atoms with van der Waals surface area (Å²) in [5.74, 6) is -1.71. The van der Waals surface area contributed by atoms with E-state index in [1.165, 1.54) is 24.7 Å². The van der Waals surface area contributed by atoms with Crippen molar-refractivity contribution in [2.24, 2.45) is 7.05 Å². The van der Waals surface area contributed by atoms with Crippen LogP contribution in [0.15, 0.2) is 18.3 Å². The highest BCUT2D eigenvalue weighted by Crippen LogP contribution is 2.26. The zero-order valence-electron chi connectivity index (χ0n) is 11.5. The highest BCUT2D eigenvalue weighted by molar-refractivity contribution is 6.03. The Balaban J connectivity index is 2.37. The van der Waals surface area contributed by atoms with E-state index in [0.29, 0.717) is 5.82 Å². The van der Waals surface area contributed by atoms with Gasteiger partial charge in [-0.1, -0.05) is 0 Å². The number of halogens is 3. The summed E-state index contributed by atoms with van der Waals surface area (Å²) >= 11 is 0. The molecule has 0 atom stereocenters. The van der Waals surface area contributed by atoms with Gasteiger partial charge in [0.25, 0.3) is 5.91 Å². The molecule has 0 bridgehead atoms. The molecule has 6 nitrogen and oxygen atoms in total. The molecule has 0 radical (unpaired) electrons. The number of rotatable bonds is 2. The first-order valence-electron chi connectivity index (χ1n) is 5.89. The van der Waals surface area contributed by atoms with Crippen molar-refractivity contribution in [2.75, 3.05) is 11.9 Å². The van der Waals surface area contributed by atoms with Crippen molar-refractivity contribution in [3.63, 3.8) is 0 Å². The molecule has 9 heteroatoms. The molecule has 0 unspecified atom stereocenters. The van der Waals surface area contributed by atoms with E-state index >= 15 is 0 Å². The lowest BCUT2D eigenvalue weighted by Gasteiger charge is -2.15. The summed E-state index contributed by atoms with van der Waals surface area (Å²) in [4.78, 5) is 19.9. The quantitative estimate of drug-likeness (QED) is 0.848. The van der Waals surface area contributed by atoms with Gasteiger partial charge in [0.1, 0.15) is 5.69 Å². The predicted octanol–water partition coefficient (Wildman–Crippen LogP) is 1.81. The van der Waals surface area contributed by atoms with E-state index in [1.807, 2.05) is 0 Å². The number of alkyl halides is 3. The zero-order valence-corrected chi connectivity index (χ0v) is 11.5. The van der Waals surface area contributed by atoms with Crippen LogP contribution < -0.4 is 4.90 Å². The maximum absolute atomic E-state index is 12.7. The predicted molar refractivity (Wildman–Crippen MR) is 67.7 cm³/mol. The van der Waals surface area contributed by atoms with Crippen LogP contribution in [-0.2, 0) is 13.2 Å². The molecule has 112 valence electrons. The third-order valence-electron chi connectivity index (χ3n) is 2.67. The molecular formula is C12H12F3N5O. The number of carbonyl (C=O) groups is 1. The van der Waals surface area contributed by atoms with Crippen LogP contribution in [0, 0.1) is 6.92 Å². The second-order valence-electron chi connectivity index (χ2n) is 4.43. The van der Waals surface area contributed by atoms with Gasteiger partial charge in [-0.25, -0.2) is 9.97 Å². The first kappa shape index (κ1) is 14.9. The minimum atomic E-state index is -4.70. The van der Waals surface area contributed by atoms with E-state index in [0.717, 1.165) is 4.90 Å². The molecule has 2 aromatic heterocycles. The minimum Gasteiger partial charge on any atom is -0.293 e. The lowest BCUT2D eigenvalue weighted by molar-refractivity contribution is -0.145. The zero-order chi connectivity index (χ0) is 15.8. The average molecular weight is 299 g/mol. The van der Waals surface area contributed by atoms with Gasteiger partial charge in [0, 0.05) is 32.1 Å². The fourth-order valence-electron chi connectivity index (χ4n) is 1.66. The van der Waals surface area contributed by atoms with Crippen molar-refractivity contribution in [2.45, 2.75) is 13.1 Å². The number of amides is 1. The third kappa shape index (κ3) is 3.18. The Morgan fingerprint density at radius 3 is 2.52 bits per heavy atom. The normalized spacial score (nSPS) is 11.5. The Morgan fingerprint density at radius 2 is 2.00 bits per heavy atom.